The molecule has 0 bridgehead atoms. The van der Waals surface area contributed by atoms with Gasteiger partial charge in [-0.25, -0.2) is 14.8 Å². The van der Waals surface area contributed by atoms with Gasteiger partial charge < -0.3 is 15.0 Å². The number of imide groups is 1. The summed E-state index contributed by atoms with van der Waals surface area (Å²) in [5.41, 5.74) is -1.24. The van der Waals surface area contributed by atoms with Crippen molar-refractivity contribution >= 4 is 51.1 Å². The van der Waals surface area contributed by atoms with Crippen molar-refractivity contribution in [2.75, 3.05) is 12.4 Å². The number of rotatable bonds is 5. The number of piperidine rings is 1. The van der Waals surface area contributed by atoms with Crippen LogP contribution in [0.15, 0.2) is 24.3 Å². The smallest absolute Gasteiger partial charge is 0.420 e. The molecule has 2 aliphatic heterocycles. The largest absolute Gasteiger partial charge is 0.496 e. The van der Waals surface area contributed by atoms with E-state index in [4.69, 9.17) is 4.74 Å². The number of pyridine rings is 1. The molecule has 4 heterocycles. The fourth-order valence-electron chi connectivity index (χ4n) is 4.60. The summed E-state index contributed by atoms with van der Waals surface area (Å²) in [6, 6.07) is 3.68. The van der Waals surface area contributed by atoms with Crippen molar-refractivity contribution in [2.45, 2.75) is 51.0 Å². The third kappa shape index (κ3) is 5.03. The number of ether oxygens (including phenoxy) is 1. The van der Waals surface area contributed by atoms with Gasteiger partial charge in [0.1, 0.15) is 22.6 Å². The summed E-state index contributed by atoms with van der Waals surface area (Å²) in [6.45, 7) is 3.34. The summed E-state index contributed by atoms with van der Waals surface area (Å²) in [7, 11) is 1.16. The first-order valence-electron chi connectivity index (χ1n) is 12.1. The van der Waals surface area contributed by atoms with E-state index in [1.165, 1.54) is 23.1 Å². The molecule has 3 aromatic rings. The second kappa shape index (κ2) is 9.73. The zero-order valence-electron chi connectivity index (χ0n) is 21.4. The average molecular weight is 577 g/mol. The molecule has 5 amide bonds. The zero-order chi connectivity index (χ0) is 29.0. The highest BCUT2D eigenvalue weighted by molar-refractivity contribution is 7.18. The number of benzene rings is 1. The van der Waals surface area contributed by atoms with Crippen molar-refractivity contribution in [3.05, 3.63) is 46.1 Å². The highest BCUT2D eigenvalue weighted by Crippen LogP contribution is 2.41. The molecule has 40 heavy (non-hydrogen) atoms. The van der Waals surface area contributed by atoms with Crippen LogP contribution in [-0.2, 0) is 27.8 Å². The van der Waals surface area contributed by atoms with Gasteiger partial charge in [0.15, 0.2) is 0 Å². The van der Waals surface area contributed by atoms with Crippen LogP contribution in [0.4, 0.5) is 23.8 Å². The summed E-state index contributed by atoms with van der Waals surface area (Å²) in [5, 5.41) is 7.94. The number of anilines is 1. The van der Waals surface area contributed by atoms with Crippen LogP contribution in [0.1, 0.15) is 53.3 Å². The Hall–Kier alpha value is -4.27. The minimum Gasteiger partial charge on any atom is -0.496 e. The van der Waals surface area contributed by atoms with Gasteiger partial charge in [-0.1, -0.05) is 0 Å². The lowest BCUT2D eigenvalue weighted by atomic mass is 10.0. The minimum absolute atomic E-state index is 0.0398. The van der Waals surface area contributed by atoms with Crippen LogP contribution >= 0.6 is 11.3 Å². The van der Waals surface area contributed by atoms with Gasteiger partial charge in [-0.15, -0.1) is 11.3 Å². The molecule has 1 unspecified atom stereocenters. The summed E-state index contributed by atoms with van der Waals surface area (Å²) in [5.74, 6) is -1.50. The van der Waals surface area contributed by atoms with E-state index in [1.807, 2.05) is 0 Å². The summed E-state index contributed by atoms with van der Waals surface area (Å²) >= 11 is 1.12. The molecule has 15 heteroatoms. The van der Waals surface area contributed by atoms with Gasteiger partial charge in [0, 0.05) is 12.5 Å². The highest BCUT2D eigenvalue weighted by atomic mass is 32.1. The number of thiazole rings is 1. The average Bonchev–Trinajstić information content (AvgIpc) is 3.43. The number of alkyl halides is 3. The first kappa shape index (κ1) is 27.3. The number of nitrogens with zero attached hydrogens (tertiary/aromatic N) is 3. The lowest BCUT2D eigenvalue weighted by Crippen LogP contribution is -2.52. The van der Waals surface area contributed by atoms with E-state index in [-0.39, 0.29) is 42.4 Å². The van der Waals surface area contributed by atoms with Crippen LogP contribution < -0.4 is 20.7 Å². The van der Waals surface area contributed by atoms with Crippen LogP contribution in [0.3, 0.4) is 0 Å². The normalized spacial score (nSPS) is 17.6. The van der Waals surface area contributed by atoms with Gasteiger partial charge in [0.25, 0.3) is 5.91 Å². The van der Waals surface area contributed by atoms with E-state index in [0.29, 0.717) is 21.0 Å². The zero-order valence-corrected chi connectivity index (χ0v) is 22.2. The quantitative estimate of drug-likeness (QED) is 0.395. The molecular formula is C25H23F3N6O5S. The van der Waals surface area contributed by atoms with Crippen LogP contribution in [-0.4, -0.2) is 51.8 Å². The number of fused-ring (bicyclic) bond motifs is 2. The summed E-state index contributed by atoms with van der Waals surface area (Å²) in [6.07, 6.45) is -4.29. The number of carbonyl (C=O) groups excluding carboxylic acids is 4. The van der Waals surface area contributed by atoms with Crippen LogP contribution in [0.2, 0.25) is 0 Å². The number of nitrogens with one attached hydrogen (secondary N) is 3. The molecule has 3 N–H and O–H groups in total. The Morgan fingerprint density at radius 3 is 2.60 bits per heavy atom. The molecule has 0 aliphatic carbocycles. The Kier molecular flexibility index (Phi) is 6.64. The molecule has 210 valence electrons. The molecule has 0 radical (unpaired) electrons. The molecule has 2 aromatic heterocycles. The van der Waals surface area contributed by atoms with E-state index in [0.717, 1.165) is 24.5 Å². The van der Waals surface area contributed by atoms with E-state index >= 15 is 0 Å². The molecule has 0 saturated carbocycles. The molecule has 1 aromatic carbocycles. The number of methoxy groups -OCH3 is 1. The number of hydrogen-bond donors (Lipinski definition) is 3. The van der Waals surface area contributed by atoms with Crippen molar-refractivity contribution in [1.29, 1.82) is 0 Å². The number of aromatic nitrogens is 2. The Bertz CT molecular complexity index is 1570. The standard InChI is InChI=1S/C25H23F3N6O5S/c1-24(2,22-30-13-8-12(25(26,27)28)16(39-3)9-17(13)40-22)33-23(38)31-18-6-4-11-14(29-18)10-34(21(11)37)15-5-7-19(35)32-20(15)36/h4,6,8-9,15H,5,7,10H2,1-3H3,(H,32,35,36)(H2,29,31,33,38). The van der Waals surface area contributed by atoms with Crippen LogP contribution in [0.5, 0.6) is 5.75 Å². The monoisotopic (exact) mass is 576 g/mol. The Balaban J connectivity index is 1.29. The molecule has 1 saturated heterocycles. The van der Waals surface area contributed by atoms with Crippen LogP contribution in [0.25, 0.3) is 10.2 Å². The topological polar surface area (TPSA) is 143 Å². The predicted molar refractivity (Wildman–Crippen MR) is 137 cm³/mol. The lowest BCUT2D eigenvalue weighted by molar-refractivity contribution is -0.139. The maximum absolute atomic E-state index is 13.4. The second-order valence-electron chi connectivity index (χ2n) is 9.83. The molecule has 1 atom stereocenters. The maximum Gasteiger partial charge on any atom is 0.420 e. The second-order valence-corrected chi connectivity index (χ2v) is 10.9. The van der Waals surface area contributed by atoms with Crippen molar-refractivity contribution < 1.29 is 37.1 Å². The molecule has 2 aliphatic rings. The highest BCUT2D eigenvalue weighted by Gasteiger charge is 2.40. The van der Waals surface area contributed by atoms with Crippen molar-refractivity contribution in [1.82, 2.24) is 25.5 Å². The third-order valence-electron chi connectivity index (χ3n) is 6.59. The van der Waals surface area contributed by atoms with E-state index in [9.17, 15) is 32.3 Å². The number of hydrogen-bond acceptors (Lipinski definition) is 8. The fourth-order valence-corrected chi connectivity index (χ4v) is 5.64. The molecule has 0 spiro atoms. The molecule has 5 rings (SSSR count). The fraction of sp³-hybridized carbons (Fsp3) is 0.360. The van der Waals surface area contributed by atoms with Crippen molar-refractivity contribution in [3.63, 3.8) is 0 Å². The summed E-state index contributed by atoms with van der Waals surface area (Å²) < 4.78 is 45.6. The summed E-state index contributed by atoms with van der Waals surface area (Å²) in [4.78, 5) is 59.4. The van der Waals surface area contributed by atoms with Gasteiger partial charge in [0.2, 0.25) is 11.8 Å². The van der Waals surface area contributed by atoms with E-state index in [2.05, 4.69) is 25.9 Å². The third-order valence-corrected chi connectivity index (χ3v) is 7.93. The first-order valence-corrected chi connectivity index (χ1v) is 12.9. The minimum atomic E-state index is -4.62. The SMILES string of the molecule is COc1cc2sc(C(C)(C)NC(=O)Nc3ccc4c(n3)CN(C3CCC(=O)NC3=O)C4=O)nc2cc1C(F)(F)F. The molecule has 11 nitrogen and oxygen atoms in total. The van der Waals surface area contributed by atoms with Crippen LogP contribution in [0, 0.1) is 0 Å². The Morgan fingerprint density at radius 2 is 1.93 bits per heavy atom. The first-order chi connectivity index (χ1) is 18.8. The van der Waals surface area contributed by atoms with Gasteiger partial charge in [0.05, 0.1) is 46.2 Å². The Labute approximate surface area is 229 Å². The van der Waals surface area contributed by atoms with Crippen molar-refractivity contribution in [2.24, 2.45) is 0 Å². The number of amides is 5. The van der Waals surface area contributed by atoms with E-state index in [1.54, 1.807) is 13.8 Å². The van der Waals surface area contributed by atoms with E-state index < -0.39 is 41.2 Å². The lowest BCUT2D eigenvalue weighted by Gasteiger charge is -2.29. The van der Waals surface area contributed by atoms with Crippen molar-refractivity contribution in [3.8, 4) is 5.75 Å². The number of halogens is 3. The van der Waals surface area contributed by atoms with Gasteiger partial charge >= 0.3 is 12.2 Å². The van der Waals surface area contributed by atoms with Gasteiger partial charge in [-0.05, 0) is 38.5 Å². The molecule has 1 fully saturated rings. The maximum atomic E-state index is 13.4. The van der Waals surface area contributed by atoms with Gasteiger partial charge in [-0.3, -0.25) is 25.0 Å². The van der Waals surface area contributed by atoms with Gasteiger partial charge in [-0.2, -0.15) is 13.2 Å². The Morgan fingerprint density at radius 1 is 1.18 bits per heavy atom. The number of carbonyl (C=O) groups is 4. The number of urea groups is 1. The molecular weight excluding hydrogens is 553 g/mol. The predicted octanol–water partition coefficient (Wildman–Crippen LogP) is 3.54.